The summed E-state index contributed by atoms with van der Waals surface area (Å²) in [6.45, 7) is 4.18. The van der Waals surface area contributed by atoms with Gasteiger partial charge in [0.05, 0.1) is 11.3 Å². The summed E-state index contributed by atoms with van der Waals surface area (Å²) in [5, 5.41) is 5.53. The Morgan fingerprint density at radius 1 is 1.21 bits per heavy atom. The van der Waals surface area contributed by atoms with E-state index in [2.05, 4.69) is 35.1 Å². The van der Waals surface area contributed by atoms with Gasteiger partial charge in [0.25, 0.3) is 5.56 Å². The van der Waals surface area contributed by atoms with Crippen LogP contribution >= 0.6 is 0 Å². The third-order valence-electron chi connectivity index (χ3n) is 3.10. The molecule has 0 aliphatic rings. The third-order valence-corrected chi connectivity index (χ3v) is 3.10. The van der Waals surface area contributed by atoms with E-state index in [0.717, 1.165) is 30.6 Å². The number of rotatable bonds is 5. The lowest BCUT2D eigenvalue weighted by Crippen LogP contribution is -2.06. The molecule has 0 radical (unpaired) electrons. The molecule has 1 aromatic carbocycles. The average molecular weight is 257 g/mol. The predicted molar refractivity (Wildman–Crippen MR) is 78.5 cm³/mol. The van der Waals surface area contributed by atoms with Crippen LogP contribution in [0.4, 0.5) is 5.69 Å². The second-order valence-electron chi connectivity index (χ2n) is 4.46. The highest BCUT2D eigenvalue weighted by atomic mass is 16.1. The second-order valence-corrected chi connectivity index (χ2v) is 4.46. The number of nitrogens with one attached hydrogen (secondary N) is 2. The maximum absolute atomic E-state index is 11.7. The molecule has 2 aromatic rings. The van der Waals surface area contributed by atoms with Crippen molar-refractivity contribution in [3.05, 3.63) is 51.4 Å². The Kier molecular flexibility index (Phi) is 4.34. The van der Waals surface area contributed by atoms with Gasteiger partial charge in [0.1, 0.15) is 0 Å². The highest BCUT2D eigenvalue weighted by Gasteiger charge is 2.06. The van der Waals surface area contributed by atoms with Gasteiger partial charge in [-0.2, -0.15) is 0 Å². The van der Waals surface area contributed by atoms with Crippen LogP contribution in [-0.2, 0) is 12.8 Å². The van der Waals surface area contributed by atoms with Crippen LogP contribution in [0.3, 0.4) is 0 Å². The Bertz CT molecular complexity index is 622. The van der Waals surface area contributed by atoms with Crippen molar-refractivity contribution in [3.63, 3.8) is 0 Å². The summed E-state index contributed by atoms with van der Waals surface area (Å²) in [5.41, 5.74) is 3.55. The number of aromatic amines is 2. The molecule has 2 N–H and O–H groups in total. The lowest BCUT2D eigenvalue weighted by Gasteiger charge is -2.01. The van der Waals surface area contributed by atoms with Crippen LogP contribution in [0.25, 0.3) is 0 Å². The third kappa shape index (κ3) is 3.02. The van der Waals surface area contributed by atoms with Gasteiger partial charge >= 0.3 is 0 Å². The number of aryl methyl sites for hydroxylation is 2. The number of para-hydroxylation sites is 1. The number of hydrogen-bond donors (Lipinski definition) is 2. The monoisotopic (exact) mass is 257 g/mol. The van der Waals surface area contributed by atoms with Crippen LogP contribution in [0.5, 0.6) is 0 Å². The first-order valence-electron chi connectivity index (χ1n) is 6.67. The molecule has 100 valence electrons. The van der Waals surface area contributed by atoms with Crippen LogP contribution in [0.1, 0.15) is 37.1 Å². The molecule has 1 aromatic heterocycles. The molecule has 0 unspecified atom stereocenters. The zero-order chi connectivity index (χ0) is 13.7. The van der Waals surface area contributed by atoms with Gasteiger partial charge in [-0.25, -0.2) is 0 Å². The second kappa shape index (κ2) is 6.18. The summed E-state index contributed by atoms with van der Waals surface area (Å²) in [4.78, 5) is 16.2. The van der Waals surface area contributed by atoms with E-state index in [9.17, 15) is 4.79 Å². The van der Waals surface area contributed by atoms with Gasteiger partial charge in [0, 0.05) is 11.9 Å². The largest absolute Gasteiger partial charge is 0.302 e. The Labute approximate surface area is 112 Å². The highest BCUT2D eigenvalue weighted by Crippen LogP contribution is 2.18. The minimum Gasteiger partial charge on any atom is -0.302 e. The molecule has 4 nitrogen and oxygen atoms in total. The number of nitrogens with zero attached hydrogens (tertiary/aromatic N) is 1. The molecule has 0 atom stereocenters. The van der Waals surface area contributed by atoms with Crippen molar-refractivity contribution in [2.45, 2.75) is 33.1 Å². The molecule has 0 saturated heterocycles. The SMILES string of the molecule is CCCc1[nH][nH]c(=O)c1C=Nc1ccccc1CC. The summed E-state index contributed by atoms with van der Waals surface area (Å²) in [5.74, 6) is 0. The van der Waals surface area contributed by atoms with Gasteiger partial charge in [-0.15, -0.1) is 0 Å². The van der Waals surface area contributed by atoms with E-state index >= 15 is 0 Å². The van der Waals surface area contributed by atoms with Gasteiger partial charge < -0.3 is 5.10 Å². The summed E-state index contributed by atoms with van der Waals surface area (Å²) in [6.07, 6.45) is 4.42. The lowest BCUT2D eigenvalue weighted by molar-refractivity contribution is 0.864. The molecule has 0 aliphatic heterocycles. The Morgan fingerprint density at radius 3 is 2.74 bits per heavy atom. The van der Waals surface area contributed by atoms with Crippen LogP contribution in [0, 0.1) is 0 Å². The van der Waals surface area contributed by atoms with Crippen molar-refractivity contribution in [2.75, 3.05) is 0 Å². The minimum absolute atomic E-state index is 0.110. The molecule has 0 saturated carbocycles. The summed E-state index contributed by atoms with van der Waals surface area (Å²) in [6, 6.07) is 7.99. The van der Waals surface area contributed by atoms with Gasteiger partial charge in [0.2, 0.25) is 0 Å². The van der Waals surface area contributed by atoms with Crippen LogP contribution in [-0.4, -0.2) is 16.4 Å². The molecular weight excluding hydrogens is 238 g/mol. The standard InChI is InChI=1S/C15H19N3O/c1-3-7-14-12(15(19)18-17-14)10-16-13-9-6-5-8-11(13)4-2/h5-6,8-10H,3-4,7H2,1-2H3,(H2,17,18,19). The zero-order valence-corrected chi connectivity index (χ0v) is 11.4. The molecule has 2 rings (SSSR count). The van der Waals surface area contributed by atoms with Crippen molar-refractivity contribution in [2.24, 2.45) is 4.99 Å². The van der Waals surface area contributed by atoms with E-state index in [0.29, 0.717) is 5.56 Å². The highest BCUT2D eigenvalue weighted by molar-refractivity contribution is 5.83. The fourth-order valence-electron chi connectivity index (χ4n) is 2.06. The summed E-state index contributed by atoms with van der Waals surface area (Å²) >= 11 is 0. The Balaban J connectivity index is 2.32. The van der Waals surface area contributed by atoms with E-state index in [1.165, 1.54) is 5.56 Å². The van der Waals surface area contributed by atoms with Gasteiger partial charge in [0.15, 0.2) is 0 Å². The molecule has 0 bridgehead atoms. The normalized spacial score (nSPS) is 11.3. The molecule has 0 aliphatic carbocycles. The van der Waals surface area contributed by atoms with E-state index in [1.807, 2.05) is 18.2 Å². The fraction of sp³-hybridized carbons (Fsp3) is 0.333. The fourth-order valence-corrected chi connectivity index (χ4v) is 2.06. The molecule has 1 heterocycles. The minimum atomic E-state index is -0.110. The van der Waals surface area contributed by atoms with Crippen molar-refractivity contribution in [1.82, 2.24) is 10.2 Å². The summed E-state index contributed by atoms with van der Waals surface area (Å²) < 4.78 is 0. The van der Waals surface area contributed by atoms with Crippen LogP contribution in [0.2, 0.25) is 0 Å². The van der Waals surface area contributed by atoms with Crippen molar-refractivity contribution in [1.29, 1.82) is 0 Å². The summed E-state index contributed by atoms with van der Waals surface area (Å²) in [7, 11) is 0. The predicted octanol–water partition coefficient (Wildman–Crippen LogP) is 2.97. The Hall–Kier alpha value is -2.10. The number of aromatic nitrogens is 2. The average Bonchev–Trinajstić information content (AvgIpc) is 2.78. The van der Waals surface area contributed by atoms with Crippen molar-refractivity contribution in [3.8, 4) is 0 Å². The molecule has 4 heteroatoms. The molecule has 0 spiro atoms. The van der Waals surface area contributed by atoms with E-state index in [4.69, 9.17) is 0 Å². The van der Waals surface area contributed by atoms with Gasteiger partial charge in [-0.1, -0.05) is 38.5 Å². The molecule has 0 fully saturated rings. The van der Waals surface area contributed by atoms with E-state index < -0.39 is 0 Å². The first-order chi connectivity index (χ1) is 9.26. The number of hydrogen-bond acceptors (Lipinski definition) is 2. The quantitative estimate of drug-likeness (QED) is 0.795. The molecule has 0 amide bonds. The Morgan fingerprint density at radius 2 is 2.00 bits per heavy atom. The maximum Gasteiger partial charge on any atom is 0.272 e. The van der Waals surface area contributed by atoms with Crippen LogP contribution < -0.4 is 5.56 Å². The maximum atomic E-state index is 11.7. The van der Waals surface area contributed by atoms with Crippen LogP contribution in [0.15, 0.2) is 34.1 Å². The first-order valence-corrected chi connectivity index (χ1v) is 6.67. The zero-order valence-electron chi connectivity index (χ0n) is 11.4. The lowest BCUT2D eigenvalue weighted by atomic mass is 10.1. The van der Waals surface area contributed by atoms with Gasteiger partial charge in [-0.05, 0) is 24.5 Å². The molecular formula is C15H19N3O. The number of aliphatic imine (C=N–C) groups is 1. The van der Waals surface area contributed by atoms with Crippen molar-refractivity contribution < 1.29 is 0 Å². The topological polar surface area (TPSA) is 61.0 Å². The van der Waals surface area contributed by atoms with Crippen molar-refractivity contribution >= 4 is 11.9 Å². The van der Waals surface area contributed by atoms with Gasteiger partial charge in [-0.3, -0.25) is 14.9 Å². The van der Waals surface area contributed by atoms with E-state index in [-0.39, 0.29) is 5.56 Å². The smallest absolute Gasteiger partial charge is 0.272 e. The molecule has 19 heavy (non-hydrogen) atoms. The first kappa shape index (κ1) is 13.3. The number of H-pyrrole nitrogens is 2. The number of benzene rings is 1. The van der Waals surface area contributed by atoms with E-state index in [1.54, 1.807) is 6.21 Å².